The monoisotopic (exact) mass is 218 g/mol. The maximum atomic E-state index is 12.3. The first-order chi connectivity index (χ1) is 7.20. The summed E-state index contributed by atoms with van der Waals surface area (Å²) in [5, 5.41) is 3.28. The van der Waals surface area contributed by atoms with E-state index < -0.39 is 12.3 Å². The van der Waals surface area contributed by atoms with Gasteiger partial charge in [-0.25, -0.2) is 0 Å². The molecule has 1 N–H and O–H groups in total. The number of alkyl halides is 2. The lowest BCUT2D eigenvalue weighted by Gasteiger charge is -2.29. The van der Waals surface area contributed by atoms with Crippen molar-refractivity contribution in [3.63, 3.8) is 0 Å². The average Bonchev–Trinajstić information content (AvgIpc) is 2.86. The molecule has 0 spiro atoms. The second-order valence-electron chi connectivity index (χ2n) is 4.24. The molecule has 2 atom stereocenters. The molecule has 2 saturated heterocycles. The van der Waals surface area contributed by atoms with Gasteiger partial charge in [-0.3, -0.25) is 4.79 Å². The summed E-state index contributed by atoms with van der Waals surface area (Å²) < 4.78 is 24.7. The van der Waals surface area contributed by atoms with Crippen LogP contribution in [0.2, 0.25) is 0 Å². The zero-order chi connectivity index (χ0) is 10.8. The zero-order valence-corrected chi connectivity index (χ0v) is 8.59. The van der Waals surface area contributed by atoms with Gasteiger partial charge in [0.05, 0.1) is 0 Å². The minimum absolute atomic E-state index is 0.00556. The van der Waals surface area contributed by atoms with Crippen molar-refractivity contribution in [3.8, 4) is 0 Å². The molecule has 2 rings (SSSR count). The molecule has 86 valence electrons. The van der Waals surface area contributed by atoms with E-state index in [4.69, 9.17) is 0 Å². The SMILES string of the molecule is O=C(C(F)F)N1CCCC1C1CCCN1. The van der Waals surface area contributed by atoms with E-state index >= 15 is 0 Å². The first-order valence-corrected chi connectivity index (χ1v) is 5.52. The van der Waals surface area contributed by atoms with Gasteiger partial charge in [0.15, 0.2) is 0 Å². The van der Waals surface area contributed by atoms with Crippen LogP contribution in [0.25, 0.3) is 0 Å². The Labute approximate surface area is 87.8 Å². The van der Waals surface area contributed by atoms with E-state index in [9.17, 15) is 13.6 Å². The van der Waals surface area contributed by atoms with Crippen LogP contribution in [0.5, 0.6) is 0 Å². The summed E-state index contributed by atoms with van der Waals surface area (Å²) in [5.41, 5.74) is 0. The second-order valence-corrected chi connectivity index (χ2v) is 4.24. The molecular formula is C10H16F2N2O. The number of hydrogen-bond acceptors (Lipinski definition) is 2. The maximum absolute atomic E-state index is 12.3. The molecule has 0 bridgehead atoms. The van der Waals surface area contributed by atoms with Gasteiger partial charge in [-0.15, -0.1) is 0 Å². The first kappa shape index (κ1) is 10.8. The maximum Gasteiger partial charge on any atom is 0.315 e. The van der Waals surface area contributed by atoms with Crippen molar-refractivity contribution in [1.82, 2.24) is 10.2 Å². The van der Waals surface area contributed by atoms with Crippen molar-refractivity contribution in [2.24, 2.45) is 0 Å². The normalized spacial score (nSPS) is 31.5. The Balaban J connectivity index is 2.01. The predicted molar refractivity (Wildman–Crippen MR) is 51.8 cm³/mol. The fourth-order valence-corrected chi connectivity index (χ4v) is 2.65. The Hall–Kier alpha value is -0.710. The Morgan fingerprint density at radius 2 is 2.13 bits per heavy atom. The van der Waals surface area contributed by atoms with Crippen molar-refractivity contribution in [2.45, 2.75) is 44.2 Å². The minimum atomic E-state index is -2.85. The van der Waals surface area contributed by atoms with E-state index in [0.717, 1.165) is 32.2 Å². The molecule has 2 fully saturated rings. The predicted octanol–water partition coefficient (Wildman–Crippen LogP) is 0.994. The van der Waals surface area contributed by atoms with E-state index in [-0.39, 0.29) is 12.1 Å². The smallest absolute Gasteiger partial charge is 0.315 e. The van der Waals surface area contributed by atoms with Gasteiger partial charge in [0, 0.05) is 18.6 Å². The average molecular weight is 218 g/mol. The number of nitrogens with zero attached hydrogens (tertiary/aromatic N) is 1. The van der Waals surface area contributed by atoms with Gasteiger partial charge in [0.25, 0.3) is 5.91 Å². The molecule has 5 heteroatoms. The molecular weight excluding hydrogens is 202 g/mol. The number of amides is 1. The molecule has 0 aromatic rings. The Bertz CT molecular complexity index is 242. The van der Waals surface area contributed by atoms with E-state index in [0.29, 0.717) is 6.54 Å². The summed E-state index contributed by atoms with van der Waals surface area (Å²) in [6, 6.07) is 0.226. The van der Waals surface area contributed by atoms with Crippen molar-refractivity contribution in [2.75, 3.05) is 13.1 Å². The van der Waals surface area contributed by atoms with Gasteiger partial charge < -0.3 is 10.2 Å². The lowest BCUT2D eigenvalue weighted by atomic mass is 10.0. The van der Waals surface area contributed by atoms with Gasteiger partial charge in [-0.1, -0.05) is 0 Å². The number of likely N-dealkylation sites (tertiary alicyclic amines) is 1. The Morgan fingerprint density at radius 3 is 2.73 bits per heavy atom. The van der Waals surface area contributed by atoms with Gasteiger partial charge >= 0.3 is 6.43 Å². The van der Waals surface area contributed by atoms with Crippen LogP contribution in [0.4, 0.5) is 8.78 Å². The summed E-state index contributed by atoms with van der Waals surface area (Å²) >= 11 is 0. The highest BCUT2D eigenvalue weighted by Crippen LogP contribution is 2.25. The van der Waals surface area contributed by atoms with Crippen LogP contribution in [-0.4, -0.2) is 42.4 Å². The van der Waals surface area contributed by atoms with Crippen LogP contribution in [0.15, 0.2) is 0 Å². The second kappa shape index (κ2) is 4.43. The van der Waals surface area contributed by atoms with Crippen LogP contribution in [0.1, 0.15) is 25.7 Å². The highest BCUT2D eigenvalue weighted by atomic mass is 19.3. The van der Waals surface area contributed by atoms with E-state index in [1.807, 2.05) is 0 Å². The summed E-state index contributed by atoms with van der Waals surface area (Å²) in [4.78, 5) is 12.6. The quantitative estimate of drug-likeness (QED) is 0.749. The zero-order valence-electron chi connectivity index (χ0n) is 8.59. The fourth-order valence-electron chi connectivity index (χ4n) is 2.65. The number of carbonyl (C=O) groups is 1. The largest absolute Gasteiger partial charge is 0.333 e. The molecule has 1 amide bonds. The topological polar surface area (TPSA) is 32.3 Å². The number of hydrogen-bond donors (Lipinski definition) is 1. The Kier molecular flexibility index (Phi) is 3.19. The van der Waals surface area contributed by atoms with Crippen molar-refractivity contribution in [3.05, 3.63) is 0 Å². The van der Waals surface area contributed by atoms with Crippen molar-refractivity contribution >= 4 is 5.91 Å². The standard InChI is InChI=1S/C10H16F2N2O/c11-9(12)10(15)14-6-2-4-8(14)7-3-1-5-13-7/h7-9,13H,1-6H2. The number of nitrogens with one attached hydrogen (secondary N) is 1. The lowest BCUT2D eigenvalue weighted by Crippen LogP contribution is -2.48. The summed E-state index contributed by atoms with van der Waals surface area (Å²) in [7, 11) is 0. The van der Waals surface area contributed by atoms with Crippen LogP contribution >= 0.6 is 0 Å². The third kappa shape index (κ3) is 2.12. The highest BCUT2D eigenvalue weighted by molar-refractivity contribution is 5.80. The fraction of sp³-hybridized carbons (Fsp3) is 0.900. The third-order valence-electron chi connectivity index (χ3n) is 3.33. The molecule has 0 radical (unpaired) electrons. The van der Waals surface area contributed by atoms with Gasteiger partial charge in [-0.05, 0) is 32.2 Å². The van der Waals surface area contributed by atoms with E-state index in [1.165, 1.54) is 4.90 Å². The third-order valence-corrected chi connectivity index (χ3v) is 3.33. The number of halogens is 2. The van der Waals surface area contributed by atoms with E-state index in [1.54, 1.807) is 0 Å². The highest BCUT2D eigenvalue weighted by Gasteiger charge is 2.38. The first-order valence-electron chi connectivity index (χ1n) is 5.52. The molecule has 3 nitrogen and oxygen atoms in total. The Morgan fingerprint density at radius 1 is 1.33 bits per heavy atom. The van der Waals surface area contributed by atoms with Crippen LogP contribution < -0.4 is 5.32 Å². The van der Waals surface area contributed by atoms with Crippen molar-refractivity contribution < 1.29 is 13.6 Å². The molecule has 2 aliphatic rings. The van der Waals surface area contributed by atoms with Gasteiger partial charge in [0.1, 0.15) is 0 Å². The number of carbonyl (C=O) groups excluding carboxylic acids is 1. The summed E-state index contributed by atoms with van der Waals surface area (Å²) in [5.74, 6) is -0.994. The molecule has 2 unspecified atom stereocenters. The van der Waals surface area contributed by atoms with Crippen LogP contribution in [0, 0.1) is 0 Å². The summed E-state index contributed by atoms with van der Waals surface area (Å²) in [6.45, 7) is 1.43. The molecule has 2 aliphatic heterocycles. The minimum Gasteiger partial charge on any atom is -0.333 e. The number of rotatable bonds is 2. The molecule has 0 aromatic heterocycles. The van der Waals surface area contributed by atoms with Gasteiger partial charge in [0.2, 0.25) is 0 Å². The molecule has 0 saturated carbocycles. The molecule has 15 heavy (non-hydrogen) atoms. The molecule has 0 aromatic carbocycles. The lowest BCUT2D eigenvalue weighted by molar-refractivity contribution is -0.144. The molecule has 2 heterocycles. The van der Waals surface area contributed by atoms with Crippen molar-refractivity contribution in [1.29, 1.82) is 0 Å². The van der Waals surface area contributed by atoms with Crippen LogP contribution in [0.3, 0.4) is 0 Å². The van der Waals surface area contributed by atoms with E-state index in [2.05, 4.69) is 5.32 Å². The van der Waals surface area contributed by atoms with Crippen LogP contribution in [-0.2, 0) is 4.79 Å². The summed E-state index contributed by atoms with van der Waals surface area (Å²) in [6.07, 6.45) is 0.930. The van der Waals surface area contributed by atoms with Gasteiger partial charge in [-0.2, -0.15) is 8.78 Å². The molecule has 0 aliphatic carbocycles.